The molecule has 3 N–H and O–H groups in total. The highest BCUT2D eigenvalue weighted by molar-refractivity contribution is 7.89. The van der Waals surface area contributed by atoms with E-state index in [4.69, 9.17) is 34.1 Å². The highest BCUT2D eigenvalue weighted by Crippen LogP contribution is 2.35. The van der Waals surface area contributed by atoms with Crippen molar-refractivity contribution < 1.29 is 13.6 Å². The van der Waals surface area contributed by atoms with Gasteiger partial charge >= 0.3 is 0 Å². The average molecular weight is 332 g/mol. The van der Waals surface area contributed by atoms with Crippen molar-refractivity contribution in [3.05, 3.63) is 14.7 Å². The van der Waals surface area contributed by atoms with Crippen LogP contribution in [0.15, 0.2) is 16.1 Å². The number of thiophene rings is 1. The lowest BCUT2D eigenvalue weighted by Crippen LogP contribution is -2.38. The van der Waals surface area contributed by atoms with E-state index in [0.29, 0.717) is 0 Å². The molecular weight excluding hydrogens is 321 g/mol. The molecule has 0 aliphatic carbocycles. The van der Waals surface area contributed by atoms with E-state index < -0.39 is 10.0 Å². The summed E-state index contributed by atoms with van der Waals surface area (Å²) >= 11 is 12.5. The maximum absolute atomic E-state index is 12.2. The van der Waals surface area contributed by atoms with Crippen molar-refractivity contribution in [2.75, 3.05) is 13.1 Å². The van der Waals surface area contributed by atoms with E-state index in [9.17, 15) is 8.42 Å². The first-order chi connectivity index (χ1) is 8.32. The Morgan fingerprint density at radius 2 is 2.22 bits per heavy atom. The summed E-state index contributed by atoms with van der Waals surface area (Å²) in [6, 6.07) is 1.28. The van der Waals surface area contributed by atoms with Crippen LogP contribution in [0.3, 0.4) is 0 Å². The van der Waals surface area contributed by atoms with Crippen LogP contribution in [0.2, 0.25) is 8.67 Å². The van der Waals surface area contributed by atoms with Crippen molar-refractivity contribution in [2.45, 2.75) is 11.8 Å². The minimum atomic E-state index is -3.81. The molecule has 0 unspecified atom stereocenters. The summed E-state index contributed by atoms with van der Waals surface area (Å²) in [5.41, 5.74) is 5.30. The maximum Gasteiger partial charge on any atom is 0.245 e. The lowest BCUT2D eigenvalue weighted by atomic mass is 10.6. The number of sulfonamides is 1. The van der Waals surface area contributed by atoms with Gasteiger partial charge in [0.1, 0.15) is 9.23 Å². The van der Waals surface area contributed by atoms with Gasteiger partial charge in [-0.05, 0) is 6.07 Å². The summed E-state index contributed by atoms with van der Waals surface area (Å²) in [4.78, 5) is -0.0771. The van der Waals surface area contributed by atoms with Crippen LogP contribution < -0.4 is 5.73 Å². The van der Waals surface area contributed by atoms with E-state index in [2.05, 4.69) is 5.16 Å². The first-order valence-corrected chi connectivity index (χ1v) is 7.75. The van der Waals surface area contributed by atoms with E-state index >= 15 is 0 Å². The van der Waals surface area contributed by atoms with Crippen LogP contribution in [0.25, 0.3) is 0 Å². The number of halogens is 2. The molecule has 0 aliphatic rings. The molecule has 6 nitrogen and oxygen atoms in total. The second-order valence-electron chi connectivity index (χ2n) is 3.21. The van der Waals surface area contributed by atoms with Gasteiger partial charge in [0.25, 0.3) is 0 Å². The molecule has 0 aromatic carbocycles. The van der Waals surface area contributed by atoms with Gasteiger partial charge in [0, 0.05) is 6.54 Å². The Kier molecular flexibility index (Phi) is 5.23. The third-order valence-corrected chi connectivity index (χ3v) is 5.74. The Morgan fingerprint density at radius 3 is 2.61 bits per heavy atom. The second kappa shape index (κ2) is 6.07. The normalized spacial score (nSPS) is 13.2. The summed E-state index contributed by atoms with van der Waals surface area (Å²) in [6.45, 7) is 1.56. The molecule has 18 heavy (non-hydrogen) atoms. The van der Waals surface area contributed by atoms with E-state index in [1.54, 1.807) is 6.92 Å². The van der Waals surface area contributed by atoms with Gasteiger partial charge in [-0.3, -0.25) is 0 Å². The standard InChI is InChI=1S/C8H11Cl2N3O3S2/c1-2-13(4-7(11)12-14)18(15,16)5-3-6(9)17-8(5)10/h3,14H,2,4H2,1H3,(H2,11,12). The first-order valence-electron chi connectivity index (χ1n) is 4.74. The molecular formula is C8H11Cl2N3O3S2. The van der Waals surface area contributed by atoms with Gasteiger partial charge in [-0.15, -0.1) is 11.3 Å². The molecule has 0 saturated carbocycles. The largest absolute Gasteiger partial charge is 0.409 e. The topological polar surface area (TPSA) is 96.0 Å². The highest BCUT2D eigenvalue weighted by atomic mass is 35.5. The van der Waals surface area contributed by atoms with E-state index in [0.717, 1.165) is 15.6 Å². The fourth-order valence-electron chi connectivity index (χ4n) is 1.22. The summed E-state index contributed by atoms with van der Waals surface area (Å²) in [7, 11) is -3.81. The lowest BCUT2D eigenvalue weighted by molar-refractivity contribution is 0.315. The van der Waals surface area contributed by atoms with Gasteiger partial charge in [0.2, 0.25) is 10.0 Å². The fourth-order valence-corrected chi connectivity index (χ4v) is 4.75. The Bertz CT molecular complexity index is 556. The van der Waals surface area contributed by atoms with Crippen molar-refractivity contribution in [1.82, 2.24) is 4.31 Å². The number of rotatable bonds is 5. The molecule has 1 aromatic heterocycles. The van der Waals surface area contributed by atoms with E-state index in [-0.39, 0.29) is 32.5 Å². The lowest BCUT2D eigenvalue weighted by Gasteiger charge is -2.19. The van der Waals surface area contributed by atoms with Crippen molar-refractivity contribution in [3.63, 3.8) is 0 Å². The fraction of sp³-hybridized carbons (Fsp3) is 0.375. The molecule has 0 atom stereocenters. The molecule has 0 spiro atoms. The number of nitrogens with two attached hydrogens (primary N) is 1. The number of amidine groups is 1. The Balaban J connectivity index is 3.15. The van der Waals surface area contributed by atoms with Crippen molar-refractivity contribution >= 4 is 50.4 Å². The predicted octanol–water partition coefficient (Wildman–Crippen LogP) is 1.81. The zero-order valence-corrected chi connectivity index (χ0v) is 12.4. The summed E-state index contributed by atoms with van der Waals surface area (Å²) < 4.78 is 25.9. The zero-order valence-electron chi connectivity index (χ0n) is 9.30. The molecule has 0 radical (unpaired) electrons. The zero-order chi connectivity index (χ0) is 13.9. The summed E-state index contributed by atoms with van der Waals surface area (Å²) in [5, 5.41) is 11.2. The van der Waals surface area contributed by atoms with E-state index in [1.165, 1.54) is 6.07 Å². The molecule has 0 aliphatic heterocycles. The Hall–Kier alpha value is -0.540. The third kappa shape index (κ3) is 3.27. The van der Waals surface area contributed by atoms with Gasteiger partial charge in [0.05, 0.1) is 10.9 Å². The summed E-state index contributed by atoms with van der Waals surface area (Å²) in [5.74, 6) is -0.210. The second-order valence-corrected chi connectivity index (χ2v) is 7.40. The minimum Gasteiger partial charge on any atom is -0.409 e. The molecule has 0 bridgehead atoms. The predicted molar refractivity (Wildman–Crippen MR) is 72.2 cm³/mol. The van der Waals surface area contributed by atoms with Gasteiger partial charge in [-0.25, -0.2) is 8.42 Å². The summed E-state index contributed by atoms with van der Waals surface area (Å²) in [6.07, 6.45) is 0. The van der Waals surface area contributed by atoms with Crippen LogP contribution in [0, 0.1) is 0 Å². The van der Waals surface area contributed by atoms with Crippen LogP contribution in [-0.4, -0.2) is 36.9 Å². The molecule has 0 fully saturated rings. The van der Waals surface area contributed by atoms with Crippen molar-refractivity contribution in [3.8, 4) is 0 Å². The van der Waals surface area contributed by atoms with Crippen LogP contribution in [0.1, 0.15) is 6.92 Å². The molecule has 1 rings (SSSR count). The molecule has 102 valence electrons. The SMILES string of the molecule is CCN(CC(N)=NO)S(=O)(=O)c1cc(Cl)sc1Cl. The quantitative estimate of drug-likeness (QED) is 0.372. The van der Waals surface area contributed by atoms with Gasteiger partial charge in [-0.1, -0.05) is 35.3 Å². The van der Waals surface area contributed by atoms with Crippen LogP contribution in [-0.2, 0) is 10.0 Å². The van der Waals surface area contributed by atoms with Crippen LogP contribution >= 0.6 is 34.5 Å². The number of oxime groups is 1. The van der Waals surface area contributed by atoms with Crippen LogP contribution in [0.5, 0.6) is 0 Å². The average Bonchev–Trinajstić information content (AvgIpc) is 2.65. The highest BCUT2D eigenvalue weighted by Gasteiger charge is 2.28. The monoisotopic (exact) mass is 331 g/mol. The van der Waals surface area contributed by atoms with E-state index in [1.807, 2.05) is 0 Å². The van der Waals surface area contributed by atoms with Crippen molar-refractivity contribution in [1.29, 1.82) is 0 Å². The Morgan fingerprint density at radius 1 is 1.61 bits per heavy atom. The van der Waals surface area contributed by atoms with Gasteiger partial charge < -0.3 is 10.9 Å². The van der Waals surface area contributed by atoms with Crippen molar-refractivity contribution in [2.24, 2.45) is 10.9 Å². The number of hydrogen-bond donors (Lipinski definition) is 2. The molecule has 1 heterocycles. The number of likely N-dealkylation sites (N-methyl/N-ethyl adjacent to an activating group) is 1. The third-order valence-electron chi connectivity index (χ3n) is 2.06. The first kappa shape index (κ1) is 15.5. The molecule has 10 heteroatoms. The van der Waals surface area contributed by atoms with Crippen LogP contribution in [0.4, 0.5) is 0 Å². The number of nitrogens with zero attached hydrogens (tertiary/aromatic N) is 2. The maximum atomic E-state index is 12.2. The minimum absolute atomic E-state index is 0.0771. The molecule has 0 amide bonds. The molecule has 1 aromatic rings. The van der Waals surface area contributed by atoms with Gasteiger partial charge in [-0.2, -0.15) is 4.31 Å². The molecule has 0 saturated heterocycles. The Labute approximate surface area is 119 Å². The number of hydrogen-bond acceptors (Lipinski definition) is 5. The smallest absolute Gasteiger partial charge is 0.245 e. The van der Waals surface area contributed by atoms with Gasteiger partial charge in [0.15, 0.2) is 5.84 Å².